The minimum Gasteiger partial charge on any atom is -0.378 e. The first-order valence-electron chi connectivity index (χ1n) is 9.70. The van der Waals surface area contributed by atoms with Crippen molar-refractivity contribution in [3.05, 3.63) is 29.8 Å². The predicted molar refractivity (Wildman–Crippen MR) is 121 cm³/mol. The fourth-order valence-electron chi connectivity index (χ4n) is 3.48. The van der Waals surface area contributed by atoms with Crippen LogP contribution in [0.25, 0.3) is 0 Å². The van der Waals surface area contributed by atoms with Crippen LogP contribution in [0.5, 0.6) is 0 Å². The van der Waals surface area contributed by atoms with Gasteiger partial charge in [-0.25, -0.2) is 4.99 Å². The lowest BCUT2D eigenvalue weighted by Crippen LogP contribution is -2.53. The van der Waals surface area contributed by atoms with E-state index in [1.165, 1.54) is 11.3 Å². The van der Waals surface area contributed by atoms with E-state index < -0.39 is 0 Å². The van der Waals surface area contributed by atoms with Gasteiger partial charge in [0.2, 0.25) is 0 Å². The first-order chi connectivity index (χ1) is 12.7. The highest BCUT2D eigenvalue weighted by Gasteiger charge is 2.32. The van der Waals surface area contributed by atoms with Crippen molar-refractivity contribution in [1.29, 1.82) is 0 Å². The number of anilines is 1. The molecule has 0 aromatic heterocycles. The quantitative estimate of drug-likeness (QED) is 0.393. The largest absolute Gasteiger partial charge is 0.378 e. The van der Waals surface area contributed by atoms with Crippen LogP contribution in [0.2, 0.25) is 0 Å². The minimum absolute atomic E-state index is 0. The molecule has 0 radical (unpaired) electrons. The molecule has 1 aromatic carbocycles. The van der Waals surface area contributed by atoms with Gasteiger partial charge in [-0.15, -0.1) is 24.0 Å². The zero-order valence-corrected chi connectivity index (χ0v) is 19.0. The minimum atomic E-state index is 0. The van der Waals surface area contributed by atoms with Crippen LogP contribution in [0.15, 0.2) is 29.3 Å². The van der Waals surface area contributed by atoms with E-state index in [1.54, 1.807) is 0 Å². The van der Waals surface area contributed by atoms with Gasteiger partial charge in [0.15, 0.2) is 5.96 Å². The van der Waals surface area contributed by atoms with Crippen LogP contribution in [0.1, 0.15) is 25.3 Å². The van der Waals surface area contributed by atoms with Crippen LogP contribution in [-0.2, 0) is 16.0 Å². The molecule has 0 aliphatic carbocycles. The summed E-state index contributed by atoms with van der Waals surface area (Å²) in [5.74, 6) is 0.968. The second kappa shape index (κ2) is 11.1. The van der Waals surface area contributed by atoms with E-state index in [1.807, 2.05) is 0 Å². The Morgan fingerprint density at radius 1 is 1.19 bits per heavy atom. The standard InChI is InChI=1S/C20H32N4O2.HI/c1-4-21-20(22-14-16-7-9-17(10-8-16)23(2)3)24-11-13-26-19(15-24)18-6-5-12-25-18;/h7-10,18-19H,4-6,11-15H2,1-3H3,(H,21,22);1H. The molecule has 2 heterocycles. The Kier molecular flexibility index (Phi) is 9.11. The number of nitrogens with zero attached hydrogens (tertiary/aromatic N) is 3. The summed E-state index contributed by atoms with van der Waals surface area (Å²) >= 11 is 0. The highest BCUT2D eigenvalue weighted by atomic mass is 127. The summed E-state index contributed by atoms with van der Waals surface area (Å²) in [6.07, 6.45) is 2.63. The van der Waals surface area contributed by atoms with E-state index in [9.17, 15) is 0 Å². The maximum Gasteiger partial charge on any atom is 0.194 e. The highest BCUT2D eigenvalue weighted by molar-refractivity contribution is 14.0. The lowest BCUT2D eigenvalue weighted by molar-refractivity contribution is -0.0817. The number of benzene rings is 1. The van der Waals surface area contributed by atoms with E-state index in [2.05, 4.69) is 60.4 Å². The Morgan fingerprint density at radius 2 is 1.93 bits per heavy atom. The average Bonchev–Trinajstić information content (AvgIpc) is 3.20. The predicted octanol–water partition coefficient (Wildman–Crippen LogP) is 2.72. The molecule has 0 saturated carbocycles. The Hall–Kier alpha value is -1.06. The number of ether oxygens (including phenoxy) is 2. The Bertz CT molecular complexity index is 588. The van der Waals surface area contributed by atoms with Crippen molar-refractivity contribution in [2.45, 2.75) is 38.5 Å². The van der Waals surface area contributed by atoms with Crippen LogP contribution >= 0.6 is 24.0 Å². The summed E-state index contributed by atoms with van der Waals surface area (Å²) in [4.78, 5) is 9.28. The van der Waals surface area contributed by atoms with Crippen molar-refractivity contribution in [2.75, 3.05) is 51.8 Å². The van der Waals surface area contributed by atoms with E-state index in [0.29, 0.717) is 6.54 Å². The van der Waals surface area contributed by atoms with Gasteiger partial charge in [0.25, 0.3) is 0 Å². The average molecular weight is 488 g/mol. The molecule has 2 aliphatic rings. The fourth-order valence-corrected chi connectivity index (χ4v) is 3.48. The van der Waals surface area contributed by atoms with E-state index in [-0.39, 0.29) is 36.2 Å². The molecule has 3 rings (SSSR count). The van der Waals surface area contributed by atoms with Crippen LogP contribution in [0, 0.1) is 0 Å². The summed E-state index contributed by atoms with van der Waals surface area (Å²) in [7, 11) is 4.11. The third kappa shape index (κ3) is 6.22. The van der Waals surface area contributed by atoms with Crippen LogP contribution in [-0.4, -0.2) is 70.0 Å². The number of halogens is 1. The number of hydrogen-bond donors (Lipinski definition) is 1. The molecule has 0 amide bonds. The molecule has 7 heteroatoms. The van der Waals surface area contributed by atoms with Crippen LogP contribution in [0.4, 0.5) is 5.69 Å². The van der Waals surface area contributed by atoms with E-state index >= 15 is 0 Å². The molecule has 152 valence electrons. The van der Waals surface area contributed by atoms with Crippen molar-refractivity contribution in [3.8, 4) is 0 Å². The summed E-state index contributed by atoms with van der Waals surface area (Å²) in [6.45, 7) is 6.95. The number of nitrogens with one attached hydrogen (secondary N) is 1. The summed E-state index contributed by atoms with van der Waals surface area (Å²) in [5.41, 5.74) is 2.42. The summed E-state index contributed by atoms with van der Waals surface area (Å²) in [6, 6.07) is 8.58. The maximum absolute atomic E-state index is 5.96. The van der Waals surface area contributed by atoms with Crippen molar-refractivity contribution in [1.82, 2.24) is 10.2 Å². The lowest BCUT2D eigenvalue weighted by atomic mass is 10.1. The zero-order valence-electron chi connectivity index (χ0n) is 16.7. The smallest absolute Gasteiger partial charge is 0.194 e. The van der Waals surface area contributed by atoms with Crippen molar-refractivity contribution in [3.63, 3.8) is 0 Å². The van der Waals surface area contributed by atoms with E-state index in [4.69, 9.17) is 14.5 Å². The zero-order chi connectivity index (χ0) is 18.4. The Labute approximate surface area is 180 Å². The van der Waals surface area contributed by atoms with Crippen molar-refractivity contribution < 1.29 is 9.47 Å². The van der Waals surface area contributed by atoms with Gasteiger partial charge in [0, 0.05) is 46.0 Å². The molecule has 2 saturated heterocycles. The molecule has 27 heavy (non-hydrogen) atoms. The Balaban J connectivity index is 0.00000261. The molecule has 1 N–H and O–H groups in total. The van der Waals surface area contributed by atoms with Gasteiger partial charge >= 0.3 is 0 Å². The molecular formula is C20H33IN4O2. The molecule has 2 atom stereocenters. The van der Waals surface area contributed by atoms with Gasteiger partial charge < -0.3 is 24.6 Å². The third-order valence-electron chi connectivity index (χ3n) is 4.97. The Morgan fingerprint density at radius 3 is 2.56 bits per heavy atom. The molecule has 6 nitrogen and oxygen atoms in total. The molecular weight excluding hydrogens is 455 g/mol. The topological polar surface area (TPSA) is 49.3 Å². The molecule has 2 fully saturated rings. The summed E-state index contributed by atoms with van der Waals surface area (Å²) < 4.78 is 11.8. The second-order valence-electron chi connectivity index (χ2n) is 7.14. The number of morpholine rings is 1. The maximum atomic E-state index is 5.96. The molecule has 2 aliphatic heterocycles. The van der Waals surface area contributed by atoms with Gasteiger partial charge in [-0.2, -0.15) is 0 Å². The van der Waals surface area contributed by atoms with Crippen LogP contribution in [0.3, 0.4) is 0 Å². The number of guanidine groups is 1. The molecule has 2 unspecified atom stereocenters. The molecule has 0 bridgehead atoms. The third-order valence-corrected chi connectivity index (χ3v) is 4.97. The van der Waals surface area contributed by atoms with Gasteiger partial charge in [0.05, 0.1) is 19.3 Å². The van der Waals surface area contributed by atoms with Crippen LogP contribution < -0.4 is 10.2 Å². The van der Waals surface area contributed by atoms with Crippen molar-refractivity contribution >= 4 is 35.6 Å². The SMILES string of the molecule is CCNC(=NCc1ccc(N(C)C)cc1)N1CCOC(C2CCCO2)C1.I. The first-order valence-corrected chi connectivity index (χ1v) is 9.70. The number of aliphatic imine (C=N–C) groups is 1. The number of hydrogen-bond acceptors (Lipinski definition) is 4. The van der Waals surface area contributed by atoms with Gasteiger partial charge in [-0.1, -0.05) is 12.1 Å². The van der Waals surface area contributed by atoms with Gasteiger partial charge in [-0.3, -0.25) is 0 Å². The lowest BCUT2D eigenvalue weighted by Gasteiger charge is -2.37. The van der Waals surface area contributed by atoms with Gasteiger partial charge in [0.1, 0.15) is 6.10 Å². The van der Waals surface area contributed by atoms with Gasteiger partial charge in [-0.05, 0) is 37.5 Å². The normalized spacial score (nSPS) is 23.1. The highest BCUT2D eigenvalue weighted by Crippen LogP contribution is 2.21. The fraction of sp³-hybridized carbons (Fsp3) is 0.650. The second-order valence-corrected chi connectivity index (χ2v) is 7.14. The first kappa shape index (κ1) is 22.2. The van der Waals surface area contributed by atoms with E-state index in [0.717, 1.165) is 51.6 Å². The summed E-state index contributed by atoms with van der Waals surface area (Å²) in [5, 5.41) is 3.43. The monoisotopic (exact) mass is 488 g/mol. The molecule has 0 spiro atoms. The van der Waals surface area contributed by atoms with Crippen molar-refractivity contribution in [2.24, 2.45) is 4.99 Å². The molecule has 1 aromatic rings. The number of rotatable bonds is 5.